The molecular weight excluding hydrogens is 306 g/mol. The van der Waals surface area contributed by atoms with E-state index in [0.29, 0.717) is 17.0 Å². The fourth-order valence-electron chi connectivity index (χ4n) is 1.89. The molecule has 0 N–H and O–H groups in total. The van der Waals surface area contributed by atoms with Gasteiger partial charge in [0, 0.05) is 23.3 Å². The van der Waals surface area contributed by atoms with Crippen LogP contribution in [0, 0.1) is 0 Å². The van der Waals surface area contributed by atoms with E-state index in [2.05, 4.69) is 32.1 Å². The molecule has 0 aliphatic heterocycles. The number of ether oxygens (including phenoxy) is 1. The number of para-hydroxylation sites is 1. The summed E-state index contributed by atoms with van der Waals surface area (Å²) in [6.07, 6.45) is 3.49. The Kier molecular flexibility index (Phi) is 3.21. The van der Waals surface area contributed by atoms with Crippen LogP contribution in [0.2, 0.25) is 0 Å². The molecule has 0 atom stereocenters. The van der Waals surface area contributed by atoms with E-state index in [4.69, 9.17) is 4.74 Å². The number of nitrogens with zero attached hydrogens (tertiary/aromatic N) is 3. The summed E-state index contributed by atoms with van der Waals surface area (Å²) >= 11 is 3.47. The van der Waals surface area contributed by atoms with Gasteiger partial charge >= 0.3 is 0 Å². The highest BCUT2D eigenvalue weighted by Gasteiger charge is 2.09. The van der Waals surface area contributed by atoms with Gasteiger partial charge in [0.1, 0.15) is 0 Å². The average molecular weight is 318 g/mol. The fourth-order valence-corrected chi connectivity index (χ4v) is 2.29. The minimum Gasteiger partial charge on any atom is -0.435 e. The van der Waals surface area contributed by atoms with E-state index < -0.39 is 0 Å². The van der Waals surface area contributed by atoms with Gasteiger partial charge in [-0.2, -0.15) is 5.10 Å². The van der Waals surface area contributed by atoms with Gasteiger partial charge < -0.3 is 4.74 Å². The number of rotatable bonds is 3. The Labute approximate surface area is 119 Å². The maximum absolute atomic E-state index is 5.80. The molecule has 96 valence electrons. The minimum atomic E-state index is 0.614. The number of hydrogen-bond donors (Lipinski definition) is 0. The standard InChI is InChI=1S/C14H12BrN3O/c1-18-9-12(8-16-18)19-14-11(7-15)6-10-4-2-3-5-13(10)17-14/h2-6,8-9H,7H2,1H3. The second-order valence-corrected chi connectivity index (χ2v) is 4.79. The topological polar surface area (TPSA) is 39.9 Å². The zero-order chi connectivity index (χ0) is 13.2. The van der Waals surface area contributed by atoms with Gasteiger partial charge in [0.05, 0.1) is 17.9 Å². The maximum atomic E-state index is 5.80. The molecule has 0 fully saturated rings. The molecule has 3 aromatic rings. The summed E-state index contributed by atoms with van der Waals surface area (Å²) in [7, 11) is 1.85. The average Bonchev–Trinajstić information content (AvgIpc) is 2.83. The van der Waals surface area contributed by atoms with Crippen molar-refractivity contribution in [1.29, 1.82) is 0 Å². The van der Waals surface area contributed by atoms with Crippen LogP contribution in [-0.2, 0) is 12.4 Å². The number of hydrogen-bond acceptors (Lipinski definition) is 3. The van der Waals surface area contributed by atoms with Gasteiger partial charge in [0.15, 0.2) is 5.75 Å². The van der Waals surface area contributed by atoms with Crippen molar-refractivity contribution in [3.63, 3.8) is 0 Å². The van der Waals surface area contributed by atoms with Gasteiger partial charge in [-0.15, -0.1) is 0 Å². The van der Waals surface area contributed by atoms with E-state index in [-0.39, 0.29) is 0 Å². The Morgan fingerprint density at radius 1 is 1.32 bits per heavy atom. The summed E-state index contributed by atoms with van der Waals surface area (Å²) in [4.78, 5) is 4.56. The first kappa shape index (κ1) is 12.2. The van der Waals surface area contributed by atoms with E-state index in [1.54, 1.807) is 10.9 Å². The lowest BCUT2D eigenvalue weighted by atomic mass is 10.2. The molecule has 0 saturated carbocycles. The van der Waals surface area contributed by atoms with Crippen LogP contribution in [0.5, 0.6) is 11.6 Å². The van der Waals surface area contributed by atoms with Crippen molar-refractivity contribution >= 4 is 26.8 Å². The molecule has 2 heterocycles. The van der Waals surface area contributed by atoms with Crippen LogP contribution in [-0.4, -0.2) is 14.8 Å². The Morgan fingerprint density at radius 3 is 2.89 bits per heavy atom. The smallest absolute Gasteiger partial charge is 0.224 e. The summed E-state index contributed by atoms with van der Waals surface area (Å²) in [5.41, 5.74) is 1.94. The van der Waals surface area contributed by atoms with Gasteiger partial charge in [-0.05, 0) is 12.1 Å². The predicted molar refractivity (Wildman–Crippen MR) is 77.7 cm³/mol. The number of alkyl halides is 1. The number of benzene rings is 1. The zero-order valence-electron chi connectivity index (χ0n) is 10.4. The van der Waals surface area contributed by atoms with Crippen molar-refractivity contribution in [1.82, 2.24) is 14.8 Å². The number of fused-ring (bicyclic) bond motifs is 1. The van der Waals surface area contributed by atoms with Crippen LogP contribution in [0.3, 0.4) is 0 Å². The second kappa shape index (κ2) is 5.01. The lowest BCUT2D eigenvalue weighted by Crippen LogP contribution is -1.93. The second-order valence-electron chi connectivity index (χ2n) is 4.23. The third kappa shape index (κ3) is 2.46. The Hall–Kier alpha value is -1.88. The molecular formula is C14H12BrN3O. The zero-order valence-corrected chi connectivity index (χ0v) is 12.0. The van der Waals surface area contributed by atoms with Gasteiger partial charge in [0.2, 0.25) is 5.88 Å². The first-order valence-corrected chi connectivity index (χ1v) is 6.99. The number of aryl methyl sites for hydroxylation is 1. The largest absolute Gasteiger partial charge is 0.435 e. The molecule has 0 aliphatic rings. The molecule has 5 heteroatoms. The third-order valence-corrected chi connectivity index (χ3v) is 3.41. The minimum absolute atomic E-state index is 0.614. The third-order valence-electron chi connectivity index (χ3n) is 2.80. The molecule has 1 aromatic carbocycles. The molecule has 0 aliphatic carbocycles. The lowest BCUT2D eigenvalue weighted by molar-refractivity contribution is 0.460. The van der Waals surface area contributed by atoms with Crippen molar-refractivity contribution < 1.29 is 4.74 Å². The van der Waals surface area contributed by atoms with Crippen LogP contribution >= 0.6 is 15.9 Å². The van der Waals surface area contributed by atoms with Crippen LogP contribution in [0.15, 0.2) is 42.7 Å². The fraction of sp³-hybridized carbons (Fsp3) is 0.143. The van der Waals surface area contributed by atoms with Crippen LogP contribution in [0.1, 0.15) is 5.56 Å². The van der Waals surface area contributed by atoms with Gasteiger partial charge in [-0.3, -0.25) is 4.68 Å². The van der Waals surface area contributed by atoms with Crippen molar-refractivity contribution in [2.75, 3.05) is 0 Å². The van der Waals surface area contributed by atoms with Crippen molar-refractivity contribution in [3.8, 4) is 11.6 Å². The van der Waals surface area contributed by atoms with Crippen LogP contribution in [0.4, 0.5) is 0 Å². The molecule has 0 unspecified atom stereocenters. The van der Waals surface area contributed by atoms with E-state index >= 15 is 0 Å². The van der Waals surface area contributed by atoms with E-state index in [1.165, 1.54) is 0 Å². The maximum Gasteiger partial charge on any atom is 0.224 e. The quantitative estimate of drug-likeness (QED) is 0.692. The summed E-state index contributed by atoms with van der Waals surface area (Å²) in [5, 5.41) is 5.88. The summed E-state index contributed by atoms with van der Waals surface area (Å²) in [6.45, 7) is 0. The van der Waals surface area contributed by atoms with Crippen LogP contribution < -0.4 is 4.74 Å². The summed E-state index contributed by atoms with van der Waals surface area (Å²) < 4.78 is 7.50. The highest BCUT2D eigenvalue weighted by Crippen LogP contribution is 2.28. The number of aromatic nitrogens is 3. The number of pyridine rings is 1. The molecule has 0 amide bonds. The Bertz CT molecular complexity index is 724. The summed E-state index contributed by atoms with van der Waals surface area (Å²) in [6, 6.07) is 10.1. The molecule has 0 saturated heterocycles. The van der Waals surface area contributed by atoms with Crippen LogP contribution in [0.25, 0.3) is 10.9 Å². The van der Waals surface area contributed by atoms with Crippen molar-refractivity contribution in [3.05, 3.63) is 48.3 Å². The molecule has 2 aromatic heterocycles. The van der Waals surface area contributed by atoms with E-state index in [0.717, 1.165) is 16.5 Å². The molecule has 4 nitrogen and oxygen atoms in total. The van der Waals surface area contributed by atoms with Gasteiger partial charge in [-0.1, -0.05) is 34.1 Å². The first-order chi connectivity index (χ1) is 9.26. The van der Waals surface area contributed by atoms with Gasteiger partial charge in [0.25, 0.3) is 0 Å². The molecule has 19 heavy (non-hydrogen) atoms. The van der Waals surface area contributed by atoms with E-state index in [1.807, 2.05) is 37.5 Å². The molecule has 0 spiro atoms. The lowest BCUT2D eigenvalue weighted by Gasteiger charge is -2.08. The normalized spacial score (nSPS) is 10.8. The summed E-state index contributed by atoms with van der Waals surface area (Å²) in [5.74, 6) is 1.30. The Balaban J connectivity index is 2.05. The molecule has 0 radical (unpaired) electrons. The molecule has 0 bridgehead atoms. The monoisotopic (exact) mass is 317 g/mol. The van der Waals surface area contributed by atoms with Crippen molar-refractivity contribution in [2.45, 2.75) is 5.33 Å². The Morgan fingerprint density at radius 2 is 2.16 bits per heavy atom. The predicted octanol–water partition coefficient (Wildman–Crippen LogP) is 3.66. The SMILES string of the molecule is Cn1cc(Oc2nc3ccccc3cc2CBr)cn1. The first-order valence-electron chi connectivity index (χ1n) is 5.87. The number of halogens is 1. The highest BCUT2D eigenvalue weighted by atomic mass is 79.9. The van der Waals surface area contributed by atoms with E-state index in [9.17, 15) is 0 Å². The molecule has 3 rings (SSSR count). The highest BCUT2D eigenvalue weighted by molar-refractivity contribution is 9.08. The van der Waals surface area contributed by atoms with Gasteiger partial charge in [-0.25, -0.2) is 4.98 Å². The van der Waals surface area contributed by atoms with Crippen molar-refractivity contribution in [2.24, 2.45) is 7.05 Å².